The van der Waals surface area contributed by atoms with Gasteiger partial charge in [-0.2, -0.15) is 11.8 Å². The summed E-state index contributed by atoms with van der Waals surface area (Å²) in [7, 11) is 0. The van der Waals surface area contributed by atoms with Crippen LogP contribution in [-0.4, -0.2) is 301 Å². The first kappa shape index (κ1) is 97.8. The minimum atomic E-state index is -1.36. The van der Waals surface area contributed by atoms with Crippen molar-refractivity contribution >= 4 is 111 Å². The number of amides is 11. The van der Waals surface area contributed by atoms with Crippen molar-refractivity contribution in [3.05, 3.63) is 54.2 Å². The quantitative estimate of drug-likeness (QED) is 0.0319. The number of H-pyrrole nitrogens is 1. The molecule has 8 rings (SSSR count). The minimum absolute atomic E-state index is 0.0239. The summed E-state index contributed by atoms with van der Waals surface area (Å²) in [5.74, 6) is -9.68. The summed E-state index contributed by atoms with van der Waals surface area (Å²) in [6.07, 6.45) is 12.3. The van der Waals surface area contributed by atoms with E-state index in [1.54, 1.807) is 43.9 Å². The molecule has 4 aliphatic carbocycles. The number of aliphatic hydroxyl groups excluding tert-OH is 1. The summed E-state index contributed by atoms with van der Waals surface area (Å²) in [6.45, 7) is 12.9. The third kappa shape index (κ3) is 27.7. The van der Waals surface area contributed by atoms with Gasteiger partial charge in [-0.1, -0.05) is 52.8 Å². The normalized spacial score (nSPS) is 24.3. The van der Waals surface area contributed by atoms with Crippen LogP contribution in [0.1, 0.15) is 154 Å². The number of hydrogen-bond acceptors (Lipinski definition) is 23. The first-order valence-electron chi connectivity index (χ1n) is 42.6. The van der Waals surface area contributed by atoms with E-state index in [1.807, 2.05) is 20.1 Å². The van der Waals surface area contributed by atoms with Gasteiger partial charge in [0.25, 0.3) is 0 Å². The van der Waals surface area contributed by atoms with Crippen LogP contribution in [0.15, 0.2) is 43.0 Å². The smallest absolute Gasteiger partial charge is 0.317 e. The largest absolute Gasteiger partial charge is 0.480 e. The highest BCUT2D eigenvalue weighted by atomic mass is 32.2. The zero-order valence-electron chi connectivity index (χ0n) is 71.4. The SMILES string of the molecule is CSCC[C@H](NC(=O)[C@H](CC(C)C)NC(=O)[C@H](Cc1cnc[nH]1)NC(=O)CNC(=O)[C@H](C)NC(=O)[C@H](C)NC(=O)[C@H](Cc1cn(C(=O)[C@@H](N)CCC(N)=O)c2ccccc12)NC(=O)CC[C@@H](C)[C@H]1CCC2C3CC[C@@H]4C[C@@H](NC(=O)CNC(=O)CN5CCN(CC(=O)O)CCN(CC(=O)O)CCN(CC(=O)O)CC5)CC[C@]4(C)C3C[C@H](O)[C@@]21C)C(N)=O. The fraction of sp³-hybridized carbons (Fsp3) is 0.687. The monoisotopic (exact) mass is 1730 g/mol. The first-order chi connectivity index (χ1) is 57.8. The molecule has 20 N–H and O–H groups in total. The van der Waals surface area contributed by atoms with E-state index in [1.165, 1.54) is 48.9 Å². The Morgan fingerprint density at radius 3 is 1.75 bits per heavy atom. The highest BCUT2D eigenvalue weighted by molar-refractivity contribution is 7.98. The van der Waals surface area contributed by atoms with Crippen LogP contribution >= 0.6 is 11.8 Å². The molecule has 3 heterocycles. The number of aromatic amines is 1. The molecule has 17 atom stereocenters. The lowest BCUT2D eigenvalue weighted by molar-refractivity contribution is -0.170. The van der Waals surface area contributed by atoms with Crippen LogP contribution in [0.5, 0.6) is 0 Å². The van der Waals surface area contributed by atoms with Crippen molar-refractivity contribution in [3.63, 3.8) is 0 Å². The van der Waals surface area contributed by atoms with Crippen molar-refractivity contribution in [1.82, 2.24) is 82.0 Å². The van der Waals surface area contributed by atoms with Crippen LogP contribution in [0.4, 0.5) is 0 Å². The van der Waals surface area contributed by atoms with Crippen LogP contribution in [-0.2, 0) is 80.0 Å². The number of aliphatic carboxylic acids is 3. The molecule has 0 radical (unpaired) electrons. The molecule has 2 aromatic heterocycles. The van der Waals surface area contributed by atoms with Crippen molar-refractivity contribution in [2.75, 3.05) is 104 Å². The number of fused-ring (bicyclic) bond motifs is 6. The van der Waals surface area contributed by atoms with Crippen LogP contribution in [0, 0.1) is 52.3 Å². The molecule has 676 valence electrons. The van der Waals surface area contributed by atoms with Gasteiger partial charge in [0.05, 0.1) is 63.3 Å². The Bertz CT molecular complexity index is 4140. The lowest BCUT2D eigenvalue weighted by Crippen LogP contribution is -2.59. The molecular weight excluding hydrogens is 1600 g/mol. The third-order valence-corrected chi connectivity index (χ3v) is 26.5. The number of aromatic nitrogens is 3. The Labute approximate surface area is 715 Å². The molecule has 1 saturated heterocycles. The molecule has 0 bridgehead atoms. The number of thioether (sulfide) groups is 1. The number of nitrogens with one attached hydrogen (secondary N) is 10. The number of carboxylic acids is 3. The Hall–Kier alpha value is -9.67. The summed E-state index contributed by atoms with van der Waals surface area (Å²) in [5, 5.41) is 66.5. The minimum Gasteiger partial charge on any atom is -0.480 e. The van der Waals surface area contributed by atoms with Crippen molar-refractivity contribution < 1.29 is 92.3 Å². The van der Waals surface area contributed by atoms with Gasteiger partial charge < -0.3 is 90.5 Å². The van der Waals surface area contributed by atoms with Gasteiger partial charge in [-0.3, -0.25) is 96.1 Å². The van der Waals surface area contributed by atoms with Gasteiger partial charge in [-0.05, 0) is 167 Å². The second kappa shape index (κ2) is 45.6. The summed E-state index contributed by atoms with van der Waals surface area (Å²) < 4.78 is 1.33. The van der Waals surface area contributed by atoms with E-state index in [0.717, 1.165) is 38.5 Å². The highest BCUT2D eigenvalue weighted by Crippen LogP contribution is 2.68. The average Bonchev–Trinajstić information content (AvgIpc) is 1.41. The lowest BCUT2D eigenvalue weighted by Gasteiger charge is -2.62. The fourth-order valence-electron chi connectivity index (χ4n) is 19.2. The van der Waals surface area contributed by atoms with Crippen molar-refractivity contribution in [3.8, 4) is 0 Å². The number of rotatable bonds is 42. The number of para-hydroxylation sites is 1. The molecule has 11 amide bonds. The summed E-state index contributed by atoms with van der Waals surface area (Å²) in [5.41, 5.74) is 18.0. The van der Waals surface area contributed by atoms with Crippen LogP contribution < -0.4 is 65.1 Å². The second-order valence-corrected chi connectivity index (χ2v) is 35.9. The molecule has 1 aromatic carbocycles. The van der Waals surface area contributed by atoms with E-state index >= 15 is 0 Å². The van der Waals surface area contributed by atoms with Gasteiger partial charge in [0, 0.05) is 108 Å². The van der Waals surface area contributed by atoms with Crippen LogP contribution in [0.25, 0.3) is 10.9 Å². The molecule has 5 aliphatic rings. The zero-order chi connectivity index (χ0) is 89.4. The first-order valence-corrected chi connectivity index (χ1v) is 44.0. The van der Waals surface area contributed by atoms with E-state index in [4.69, 9.17) is 17.2 Å². The van der Waals surface area contributed by atoms with E-state index in [0.29, 0.717) is 53.1 Å². The summed E-state index contributed by atoms with van der Waals surface area (Å²) in [4.78, 5) is 212. The summed E-state index contributed by atoms with van der Waals surface area (Å²) in [6, 6.07) is -1.84. The Morgan fingerprint density at radius 2 is 1.16 bits per heavy atom. The third-order valence-electron chi connectivity index (χ3n) is 25.8. The van der Waals surface area contributed by atoms with Crippen LogP contribution in [0.2, 0.25) is 0 Å². The maximum Gasteiger partial charge on any atom is 0.317 e. The Balaban J connectivity index is 0.863. The lowest BCUT2D eigenvalue weighted by atomic mass is 9.43. The van der Waals surface area contributed by atoms with E-state index < -0.39 is 143 Å². The number of carboxylic acid groups (broad SMARTS) is 3. The number of nitrogens with two attached hydrogens (primary N) is 3. The number of carbonyl (C=O) groups is 15. The molecular formula is C83H129N19O19S. The Morgan fingerprint density at radius 1 is 0.590 bits per heavy atom. The number of imidazole rings is 1. The van der Waals surface area contributed by atoms with Gasteiger partial charge in [0.1, 0.15) is 36.3 Å². The maximum atomic E-state index is 14.8. The second-order valence-electron chi connectivity index (χ2n) is 34.9. The van der Waals surface area contributed by atoms with Crippen LogP contribution in [0.3, 0.4) is 0 Å². The topological polar surface area (TPSA) is 570 Å². The van der Waals surface area contributed by atoms with Gasteiger partial charge in [0.2, 0.25) is 70.9 Å². The molecule has 1 aliphatic heterocycles. The van der Waals surface area contributed by atoms with Crippen molar-refractivity contribution in [2.45, 2.75) is 206 Å². The molecule has 5 fully saturated rings. The number of aliphatic hydroxyl groups is 1. The Kier molecular flexibility index (Phi) is 36.6. The predicted octanol–water partition coefficient (Wildman–Crippen LogP) is -1.15. The maximum absolute atomic E-state index is 14.8. The van der Waals surface area contributed by atoms with E-state index in [9.17, 15) is 92.3 Å². The molecule has 122 heavy (non-hydrogen) atoms. The number of carbonyl (C=O) groups excluding carboxylic acids is 12. The van der Waals surface area contributed by atoms with E-state index in [-0.39, 0.29) is 183 Å². The molecule has 38 nitrogen and oxygen atoms in total. The molecule has 4 saturated carbocycles. The van der Waals surface area contributed by atoms with Crippen molar-refractivity contribution in [2.24, 2.45) is 69.5 Å². The molecule has 39 heteroatoms. The molecule has 3 aromatic rings. The van der Waals surface area contributed by atoms with Gasteiger partial charge in [-0.25, -0.2) is 4.98 Å². The van der Waals surface area contributed by atoms with Crippen molar-refractivity contribution in [1.29, 1.82) is 0 Å². The average molecular weight is 1730 g/mol. The predicted molar refractivity (Wildman–Crippen MR) is 451 cm³/mol. The number of primary amides is 2. The number of benzene rings is 1. The summed E-state index contributed by atoms with van der Waals surface area (Å²) >= 11 is 1.46. The number of hydrogen-bond donors (Lipinski definition) is 17. The van der Waals surface area contributed by atoms with E-state index in [2.05, 4.69) is 78.6 Å². The van der Waals surface area contributed by atoms with Gasteiger partial charge in [-0.15, -0.1) is 0 Å². The standard InChI is InChI=1S/C83H129N19O19S/c1-47(2)33-62(79(119)96-61(75(86)115)22-32-122-8)97-80(120)64(36-54-38-87-46-90-54)95-70(107)40-89-76(116)49(4)91-77(117)50(5)92-78(118)63(34-51-41-102(65-12-10-9-11-55(51)65)81(121)60(84)18-19-67(85)104)94-68(105)20-13-48(3)57-16-17-58-56-15-14-52-35-53(21-23-82(52,6)59(56)37-66(103)83(57,58)7)93-69(106)39-88-71(108)42-98-24-26-99(43-72(109)110)28-30-101(45-74(113)114)31-29-100(27-25-98)44-73(111)112/h9-12,38,41,46-50,52-53,56-64,66,103H,13-37,39-40,42-45,84H2,1-8H3,(H2,85,104)(H2,86,115)(H,87,90)(H,88,108)(H,89,116)(H,91,117)(H,92,118)(H,93,106)(H,94,105)(H,95,107)(H,96,119)(H,97,120)(H,109,110)(H,111,112)(H,113,114)/t48-,49+,50+,52-,53+,56?,57-,58?,59?,60+,61+,62+,63+,64+,66+,82+,83-/m1/s1. The zero-order valence-corrected chi connectivity index (χ0v) is 72.3. The van der Waals surface area contributed by atoms with Gasteiger partial charge >= 0.3 is 17.9 Å². The van der Waals surface area contributed by atoms with Gasteiger partial charge in [0.15, 0.2) is 0 Å². The highest BCUT2D eigenvalue weighted by Gasteiger charge is 2.64. The molecule has 0 spiro atoms. The number of nitrogens with zero attached hydrogens (tertiary/aromatic N) is 6. The molecule has 3 unspecified atom stereocenters. The fourth-order valence-corrected chi connectivity index (χ4v) is 19.7.